The summed E-state index contributed by atoms with van der Waals surface area (Å²) < 4.78 is 4.14. The molecule has 8 aromatic rings. The van der Waals surface area contributed by atoms with Crippen LogP contribution in [0.5, 0.6) is 0 Å². The van der Waals surface area contributed by atoms with Crippen molar-refractivity contribution in [1.82, 2.24) is 4.57 Å². The number of para-hydroxylation sites is 5. The monoisotopic (exact) mass is 823 g/mol. The van der Waals surface area contributed by atoms with E-state index in [0.717, 1.165) is 33.7 Å². The van der Waals surface area contributed by atoms with E-state index in [1.54, 1.807) is 0 Å². The van der Waals surface area contributed by atoms with Crippen molar-refractivity contribution in [3.05, 3.63) is 217 Å². The molecule has 1 aliphatic heterocycles. The molecular weight excluding hydrogens is 790 g/mol. The first-order chi connectivity index (χ1) is 24.1. The Morgan fingerprint density at radius 1 is 0.580 bits per heavy atom. The molecule has 4 heteroatoms. The van der Waals surface area contributed by atoms with Crippen molar-refractivity contribution in [2.24, 2.45) is 0 Å². The molecule has 1 atom stereocenters. The first kappa shape index (κ1) is 33.0. The van der Waals surface area contributed by atoms with Crippen molar-refractivity contribution >= 4 is 28.1 Å². The van der Waals surface area contributed by atoms with E-state index in [2.05, 4.69) is 180 Å². The van der Waals surface area contributed by atoms with Crippen molar-refractivity contribution < 1.29 is 25.6 Å². The fraction of sp³-hybridized carbons (Fsp3) is 0.0652. The van der Waals surface area contributed by atoms with E-state index in [1.165, 1.54) is 28.1 Å². The van der Waals surface area contributed by atoms with Crippen LogP contribution < -0.4 is 9.47 Å². The molecule has 1 aromatic heterocycles. The van der Waals surface area contributed by atoms with Crippen LogP contribution in [0.4, 0.5) is 17.1 Å². The average Bonchev–Trinajstić information content (AvgIpc) is 3.56. The van der Waals surface area contributed by atoms with Crippen LogP contribution in [0.3, 0.4) is 0 Å². The Bertz CT molecular complexity index is 2300. The number of rotatable bonds is 4. The maximum atomic E-state index is 3.56. The standard InChI is InChI=1S/C26H19N.C20H15N2.Pt/c1-26(20-12-4-2-5-13-20)22-16-8-10-18-24(22)27(21-14-6-3-7-15-21)25-19-11-9-17-23(25)26;1-16-11-13-18(14-12-16)22-15-21(17-7-3-2-4-8-17)19-9-5-6-10-20(19)22;/h2-12,14-16,18-19H,1H3;2-7,9-14H,1H3;/q-2;-1;+4. The third kappa shape index (κ3) is 5.89. The summed E-state index contributed by atoms with van der Waals surface area (Å²) in [6.45, 7) is 4.38. The number of fused-ring (bicyclic) bond motifs is 3. The Kier molecular flexibility index (Phi) is 9.35. The van der Waals surface area contributed by atoms with Gasteiger partial charge in [0.25, 0.3) is 6.33 Å². The minimum atomic E-state index is -0.306. The van der Waals surface area contributed by atoms with Crippen LogP contribution in [0, 0.1) is 31.5 Å². The van der Waals surface area contributed by atoms with Gasteiger partial charge in [0.1, 0.15) is 0 Å². The summed E-state index contributed by atoms with van der Waals surface area (Å²) >= 11 is 0. The number of nitrogens with zero attached hydrogens (tertiary/aromatic N) is 3. The fourth-order valence-corrected chi connectivity index (χ4v) is 6.86. The Balaban J connectivity index is 0.000000157. The molecule has 1 unspecified atom stereocenters. The summed E-state index contributed by atoms with van der Waals surface area (Å²) in [5.41, 5.74) is 12.4. The minimum absolute atomic E-state index is 0. The van der Waals surface area contributed by atoms with Gasteiger partial charge in [-0.2, -0.15) is 78.9 Å². The second-order valence-electron chi connectivity index (χ2n) is 12.4. The minimum Gasteiger partial charge on any atom is -0.365 e. The zero-order chi connectivity index (χ0) is 33.2. The molecule has 0 spiro atoms. The summed E-state index contributed by atoms with van der Waals surface area (Å²) in [5.74, 6) is 0. The van der Waals surface area contributed by atoms with E-state index in [0.29, 0.717) is 0 Å². The molecule has 3 nitrogen and oxygen atoms in total. The number of imidazole rings is 1. The van der Waals surface area contributed by atoms with E-state index in [4.69, 9.17) is 0 Å². The van der Waals surface area contributed by atoms with Gasteiger partial charge in [0.15, 0.2) is 0 Å². The molecule has 0 saturated heterocycles. The quantitative estimate of drug-likeness (QED) is 0.127. The van der Waals surface area contributed by atoms with Gasteiger partial charge in [-0.1, -0.05) is 91.0 Å². The number of benzene rings is 7. The van der Waals surface area contributed by atoms with Crippen LogP contribution >= 0.6 is 0 Å². The van der Waals surface area contributed by atoms with Crippen LogP contribution in [0.15, 0.2) is 170 Å². The van der Waals surface area contributed by atoms with Gasteiger partial charge in [-0.15, -0.1) is 17.2 Å². The van der Waals surface area contributed by atoms with Crippen molar-refractivity contribution in [3.8, 4) is 11.4 Å². The summed E-state index contributed by atoms with van der Waals surface area (Å²) in [5, 5.41) is 0. The molecule has 0 aliphatic carbocycles. The number of hydrogen-bond acceptors (Lipinski definition) is 1. The molecular formula is C46H34N3Pt+. The van der Waals surface area contributed by atoms with Crippen molar-refractivity contribution in [3.63, 3.8) is 0 Å². The van der Waals surface area contributed by atoms with E-state index < -0.39 is 0 Å². The molecule has 2 heterocycles. The SMILES string of the molecule is CC1(c2[c-]cccc2)c2[c-]cccc2N(c2ccccc2)c2ccccc21.Cc1ccc(-[n+]2[c-]n(-c3[c-]cccc3)c3ccccc32)cc1.[Pt+4]. The van der Waals surface area contributed by atoms with Crippen molar-refractivity contribution in [2.75, 3.05) is 4.90 Å². The molecule has 50 heavy (non-hydrogen) atoms. The number of hydrogen-bond donors (Lipinski definition) is 0. The Morgan fingerprint density at radius 2 is 1.24 bits per heavy atom. The van der Waals surface area contributed by atoms with Gasteiger partial charge in [0, 0.05) is 16.8 Å². The molecule has 9 rings (SSSR count). The second-order valence-corrected chi connectivity index (χ2v) is 12.4. The molecule has 0 N–H and O–H groups in total. The summed E-state index contributed by atoms with van der Waals surface area (Å²) in [4.78, 5) is 2.34. The first-order valence-electron chi connectivity index (χ1n) is 16.5. The van der Waals surface area contributed by atoms with Crippen LogP contribution in [0.1, 0.15) is 29.2 Å². The maximum Gasteiger partial charge on any atom is 4.00 e. The third-order valence-corrected chi connectivity index (χ3v) is 9.31. The number of aryl methyl sites for hydroxylation is 1. The van der Waals surface area contributed by atoms with Gasteiger partial charge in [-0.25, -0.2) is 0 Å². The summed E-state index contributed by atoms with van der Waals surface area (Å²) in [6, 6.07) is 68.8. The molecule has 1 aliphatic rings. The molecule has 0 radical (unpaired) electrons. The van der Waals surface area contributed by atoms with E-state index in [9.17, 15) is 0 Å². The van der Waals surface area contributed by atoms with Gasteiger partial charge in [-0.05, 0) is 48.5 Å². The van der Waals surface area contributed by atoms with Crippen LogP contribution in [0.25, 0.3) is 22.4 Å². The average molecular weight is 824 g/mol. The van der Waals surface area contributed by atoms with E-state index in [-0.39, 0.29) is 26.5 Å². The van der Waals surface area contributed by atoms with Gasteiger partial charge in [0.2, 0.25) is 0 Å². The molecule has 0 amide bonds. The topological polar surface area (TPSA) is 12.1 Å². The van der Waals surface area contributed by atoms with E-state index >= 15 is 0 Å². The van der Waals surface area contributed by atoms with Crippen LogP contribution in [-0.4, -0.2) is 4.57 Å². The van der Waals surface area contributed by atoms with Crippen LogP contribution in [0.2, 0.25) is 0 Å². The largest absolute Gasteiger partial charge is 4.00 e. The van der Waals surface area contributed by atoms with Crippen molar-refractivity contribution in [1.29, 1.82) is 0 Å². The first-order valence-corrected chi connectivity index (χ1v) is 16.5. The van der Waals surface area contributed by atoms with E-state index in [1.807, 2.05) is 42.5 Å². The van der Waals surface area contributed by atoms with Gasteiger partial charge < -0.3 is 9.47 Å². The third-order valence-electron chi connectivity index (χ3n) is 9.31. The zero-order valence-electron chi connectivity index (χ0n) is 27.8. The predicted octanol–water partition coefficient (Wildman–Crippen LogP) is 10.2. The molecule has 0 saturated carbocycles. The van der Waals surface area contributed by atoms with Crippen LogP contribution in [-0.2, 0) is 26.5 Å². The molecule has 0 fully saturated rings. The normalized spacial score (nSPS) is 14.5. The summed E-state index contributed by atoms with van der Waals surface area (Å²) in [7, 11) is 0. The zero-order valence-corrected chi connectivity index (χ0v) is 30.1. The Morgan fingerprint density at radius 3 is 2.00 bits per heavy atom. The number of aromatic nitrogens is 2. The maximum absolute atomic E-state index is 3.56. The van der Waals surface area contributed by atoms with Crippen molar-refractivity contribution in [2.45, 2.75) is 19.3 Å². The Hall–Kier alpha value is -5.50. The second kappa shape index (κ2) is 14.2. The van der Waals surface area contributed by atoms with Gasteiger partial charge >= 0.3 is 21.1 Å². The molecule has 242 valence electrons. The molecule has 0 bridgehead atoms. The Labute approximate surface area is 309 Å². The van der Waals surface area contributed by atoms with Gasteiger partial charge in [-0.3, -0.25) is 4.57 Å². The number of anilines is 3. The smallest absolute Gasteiger partial charge is 0.365 e. The van der Waals surface area contributed by atoms with Gasteiger partial charge in [0.05, 0.1) is 16.7 Å². The fourth-order valence-electron chi connectivity index (χ4n) is 6.86. The molecule has 7 aromatic carbocycles. The summed E-state index contributed by atoms with van der Waals surface area (Å²) in [6.07, 6.45) is 3.44. The predicted molar refractivity (Wildman–Crippen MR) is 198 cm³/mol.